The van der Waals surface area contributed by atoms with Gasteiger partial charge in [0.05, 0.1) is 13.2 Å². The third-order valence-corrected chi connectivity index (χ3v) is 3.75. The highest BCUT2D eigenvalue weighted by molar-refractivity contribution is 9.10. The molecular weight excluding hydrogens is 278 g/mol. The molecule has 0 atom stereocenters. The van der Waals surface area contributed by atoms with Crippen molar-refractivity contribution in [3.8, 4) is 0 Å². The van der Waals surface area contributed by atoms with Crippen LogP contribution < -0.4 is 5.32 Å². The summed E-state index contributed by atoms with van der Waals surface area (Å²) in [5.74, 6) is 0. The molecule has 0 radical (unpaired) electrons. The van der Waals surface area contributed by atoms with Crippen LogP contribution in [0, 0.1) is 0 Å². The number of nitrogens with one attached hydrogen (secondary N) is 1. The highest BCUT2D eigenvalue weighted by Gasteiger charge is 2.13. The number of halogens is 1. The Labute approximate surface area is 112 Å². The predicted molar refractivity (Wildman–Crippen MR) is 74.1 cm³/mol. The minimum absolute atomic E-state index is 0.708. The molecule has 0 unspecified atom stereocenters. The van der Waals surface area contributed by atoms with Gasteiger partial charge in [-0.2, -0.15) is 0 Å². The molecule has 94 valence electrons. The highest BCUT2D eigenvalue weighted by atomic mass is 79.9. The number of rotatable bonds is 6. The van der Waals surface area contributed by atoms with Crippen molar-refractivity contribution in [2.75, 3.05) is 13.2 Å². The number of hydrogen-bond donors (Lipinski definition) is 1. The molecule has 3 heteroatoms. The maximum absolute atomic E-state index is 5.64. The van der Waals surface area contributed by atoms with Gasteiger partial charge in [-0.25, -0.2) is 0 Å². The normalized spacial score (nSPS) is 16.5. The second-order valence-electron chi connectivity index (χ2n) is 4.61. The second kappa shape index (κ2) is 7.14. The predicted octanol–water partition coefficient (Wildman–Crippen LogP) is 3.50. The number of ether oxygens (including phenoxy) is 1. The van der Waals surface area contributed by atoms with Crippen LogP contribution in [0.3, 0.4) is 0 Å². The van der Waals surface area contributed by atoms with E-state index in [0.717, 1.165) is 23.7 Å². The molecule has 1 N–H and O–H groups in total. The van der Waals surface area contributed by atoms with Crippen LogP contribution in [0.1, 0.15) is 31.2 Å². The summed E-state index contributed by atoms with van der Waals surface area (Å²) in [6, 6.07) is 9.03. The Balaban J connectivity index is 1.55. The SMILES string of the molecule is Brc1ccc(COCCNC2CCCC2)cc1. The average molecular weight is 298 g/mol. The average Bonchev–Trinajstić information content (AvgIpc) is 2.84. The summed E-state index contributed by atoms with van der Waals surface area (Å²) in [5, 5.41) is 3.54. The maximum Gasteiger partial charge on any atom is 0.0717 e. The quantitative estimate of drug-likeness (QED) is 0.812. The van der Waals surface area contributed by atoms with Crippen molar-refractivity contribution in [2.24, 2.45) is 0 Å². The van der Waals surface area contributed by atoms with Gasteiger partial charge < -0.3 is 10.1 Å². The fourth-order valence-corrected chi connectivity index (χ4v) is 2.50. The van der Waals surface area contributed by atoms with Gasteiger partial charge in [0.15, 0.2) is 0 Å². The minimum atomic E-state index is 0.708. The standard InChI is InChI=1S/C14H20BrNO/c15-13-7-5-12(6-8-13)11-17-10-9-16-14-3-1-2-4-14/h5-8,14,16H,1-4,9-11H2. The van der Waals surface area contributed by atoms with Crippen LogP contribution >= 0.6 is 15.9 Å². The molecule has 0 heterocycles. The Morgan fingerprint density at radius 2 is 1.88 bits per heavy atom. The monoisotopic (exact) mass is 297 g/mol. The highest BCUT2D eigenvalue weighted by Crippen LogP contribution is 2.17. The fourth-order valence-electron chi connectivity index (χ4n) is 2.24. The molecule has 1 aromatic carbocycles. The van der Waals surface area contributed by atoms with E-state index in [1.807, 2.05) is 0 Å². The zero-order valence-corrected chi connectivity index (χ0v) is 11.7. The first-order valence-corrected chi connectivity index (χ1v) is 7.19. The van der Waals surface area contributed by atoms with Crippen molar-refractivity contribution in [2.45, 2.75) is 38.3 Å². The maximum atomic E-state index is 5.64. The lowest BCUT2D eigenvalue weighted by Crippen LogP contribution is -2.29. The molecule has 1 fully saturated rings. The Kier molecular flexibility index (Phi) is 5.49. The molecule has 2 nitrogen and oxygen atoms in total. The molecule has 0 amide bonds. The third kappa shape index (κ3) is 4.78. The molecule has 1 aliphatic carbocycles. The molecule has 0 aromatic heterocycles. The lowest BCUT2D eigenvalue weighted by Gasteiger charge is -2.11. The lowest BCUT2D eigenvalue weighted by molar-refractivity contribution is 0.121. The summed E-state index contributed by atoms with van der Waals surface area (Å²) in [6.07, 6.45) is 5.45. The number of hydrogen-bond acceptors (Lipinski definition) is 2. The van der Waals surface area contributed by atoms with Crippen LogP contribution in [0.25, 0.3) is 0 Å². The first kappa shape index (κ1) is 13.1. The summed E-state index contributed by atoms with van der Waals surface area (Å²) >= 11 is 3.43. The van der Waals surface area contributed by atoms with Gasteiger partial charge in [0.25, 0.3) is 0 Å². The van der Waals surface area contributed by atoms with Gasteiger partial charge in [0.2, 0.25) is 0 Å². The molecule has 0 saturated heterocycles. The van der Waals surface area contributed by atoms with Crippen LogP contribution in [0.5, 0.6) is 0 Å². The van der Waals surface area contributed by atoms with E-state index >= 15 is 0 Å². The zero-order chi connectivity index (χ0) is 11.9. The van der Waals surface area contributed by atoms with Crippen LogP contribution in [0.2, 0.25) is 0 Å². The van der Waals surface area contributed by atoms with E-state index in [4.69, 9.17) is 4.74 Å². The van der Waals surface area contributed by atoms with Gasteiger partial charge in [-0.3, -0.25) is 0 Å². The third-order valence-electron chi connectivity index (χ3n) is 3.22. The van der Waals surface area contributed by atoms with Gasteiger partial charge in [0, 0.05) is 17.1 Å². The molecule has 0 bridgehead atoms. The Morgan fingerprint density at radius 3 is 2.59 bits per heavy atom. The summed E-state index contributed by atoms with van der Waals surface area (Å²) in [5.41, 5.74) is 1.23. The fraction of sp³-hybridized carbons (Fsp3) is 0.571. The van der Waals surface area contributed by atoms with Crippen molar-refractivity contribution in [3.63, 3.8) is 0 Å². The summed E-state index contributed by atoms with van der Waals surface area (Å²) in [6.45, 7) is 2.48. The Hall–Kier alpha value is -0.380. The summed E-state index contributed by atoms with van der Waals surface area (Å²) in [7, 11) is 0. The lowest BCUT2D eigenvalue weighted by atomic mass is 10.2. The molecule has 1 saturated carbocycles. The topological polar surface area (TPSA) is 21.3 Å². The van der Waals surface area contributed by atoms with E-state index in [0.29, 0.717) is 6.61 Å². The van der Waals surface area contributed by atoms with Gasteiger partial charge in [0.1, 0.15) is 0 Å². The smallest absolute Gasteiger partial charge is 0.0717 e. The summed E-state index contributed by atoms with van der Waals surface area (Å²) < 4.78 is 6.76. The van der Waals surface area contributed by atoms with Crippen molar-refractivity contribution < 1.29 is 4.74 Å². The van der Waals surface area contributed by atoms with Crippen LogP contribution in [-0.2, 0) is 11.3 Å². The molecule has 1 aliphatic rings. The molecule has 1 aromatic rings. The van der Waals surface area contributed by atoms with E-state index in [9.17, 15) is 0 Å². The van der Waals surface area contributed by atoms with Crippen LogP contribution in [0.15, 0.2) is 28.7 Å². The largest absolute Gasteiger partial charge is 0.375 e. The van der Waals surface area contributed by atoms with Gasteiger partial charge in [-0.05, 0) is 30.5 Å². The van der Waals surface area contributed by atoms with E-state index in [-0.39, 0.29) is 0 Å². The van der Waals surface area contributed by atoms with E-state index in [2.05, 4.69) is 45.5 Å². The zero-order valence-electron chi connectivity index (χ0n) is 10.1. The Bertz CT molecular complexity index is 319. The Morgan fingerprint density at radius 1 is 1.18 bits per heavy atom. The second-order valence-corrected chi connectivity index (χ2v) is 5.53. The van der Waals surface area contributed by atoms with Gasteiger partial charge >= 0.3 is 0 Å². The van der Waals surface area contributed by atoms with Crippen molar-refractivity contribution in [3.05, 3.63) is 34.3 Å². The first-order valence-electron chi connectivity index (χ1n) is 6.40. The molecule has 17 heavy (non-hydrogen) atoms. The summed E-state index contributed by atoms with van der Waals surface area (Å²) in [4.78, 5) is 0. The number of benzene rings is 1. The van der Waals surface area contributed by atoms with Gasteiger partial charge in [-0.1, -0.05) is 40.9 Å². The van der Waals surface area contributed by atoms with Crippen LogP contribution in [-0.4, -0.2) is 19.2 Å². The van der Waals surface area contributed by atoms with Crippen molar-refractivity contribution >= 4 is 15.9 Å². The molecule has 0 spiro atoms. The molecule has 2 rings (SSSR count). The van der Waals surface area contributed by atoms with E-state index in [1.54, 1.807) is 0 Å². The molecule has 0 aliphatic heterocycles. The van der Waals surface area contributed by atoms with Crippen LogP contribution in [0.4, 0.5) is 0 Å². The van der Waals surface area contributed by atoms with E-state index in [1.165, 1.54) is 31.2 Å². The van der Waals surface area contributed by atoms with Crippen molar-refractivity contribution in [1.82, 2.24) is 5.32 Å². The molecular formula is C14H20BrNO. The minimum Gasteiger partial charge on any atom is -0.375 e. The van der Waals surface area contributed by atoms with E-state index < -0.39 is 0 Å². The van der Waals surface area contributed by atoms with Crippen molar-refractivity contribution in [1.29, 1.82) is 0 Å². The van der Waals surface area contributed by atoms with Gasteiger partial charge in [-0.15, -0.1) is 0 Å². The first-order chi connectivity index (χ1) is 8.34.